The van der Waals surface area contributed by atoms with Crippen LogP contribution in [0.25, 0.3) is 11.3 Å². The van der Waals surface area contributed by atoms with E-state index in [4.69, 9.17) is 11.6 Å². The van der Waals surface area contributed by atoms with Gasteiger partial charge >= 0.3 is 0 Å². The summed E-state index contributed by atoms with van der Waals surface area (Å²) in [6.45, 7) is 0. The third-order valence-electron chi connectivity index (χ3n) is 3.71. The molecule has 0 aliphatic rings. The fourth-order valence-electron chi connectivity index (χ4n) is 2.43. The van der Waals surface area contributed by atoms with Gasteiger partial charge < -0.3 is 5.32 Å². The van der Waals surface area contributed by atoms with Crippen molar-refractivity contribution in [2.45, 2.75) is 0 Å². The highest BCUT2D eigenvalue weighted by molar-refractivity contribution is 6.30. The molecule has 0 bridgehead atoms. The van der Waals surface area contributed by atoms with Crippen LogP contribution in [-0.2, 0) is 0 Å². The molecule has 11 nitrogen and oxygen atoms in total. The molecule has 0 saturated carbocycles. The summed E-state index contributed by atoms with van der Waals surface area (Å²) in [6, 6.07) is 13.2. The fourth-order valence-corrected chi connectivity index (χ4v) is 2.62. The molecule has 0 amide bonds. The Hall–Kier alpha value is -4.12. The van der Waals surface area contributed by atoms with Crippen molar-refractivity contribution in [1.29, 1.82) is 0 Å². The molecule has 0 aliphatic heterocycles. The van der Waals surface area contributed by atoms with Crippen LogP contribution in [0, 0.1) is 10.1 Å². The lowest BCUT2D eigenvalue weighted by atomic mass is 10.2. The summed E-state index contributed by atoms with van der Waals surface area (Å²) in [5.74, 6) is 0.498. The molecule has 4 rings (SSSR count). The van der Waals surface area contributed by atoms with Crippen molar-refractivity contribution in [3.8, 4) is 0 Å². The summed E-state index contributed by atoms with van der Waals surface area (Å²) in [5, 5.41) is 26.1. The van der Waals surface area contributed by atoms with Gasteiger partial charge in [0.05, 0.1) is 16.7 Å². The second-order valence-corrected chi connectivity index (χ2v) is 6.09. The number of anilines is 3. The van der Waals surface area contributed by atoms with Crippen molar-refractivity contribution in [3.63, 3.8) is 0 Å². The topological polar surface area (TPSA) is 144 Å². The summed E-state index contributed by atoms with van der Waals surface area (Å²) >= 11 is 6.01. The number of aromatic nitrogens is 4. The SMILES string of the molecule is O=[N+]([O-])c1ccccc1C=NNc1nc2nonc2nc1Nc1cccc(Cl)c1. The molecule has 0 spiro atoms. The van der Waals surface area contributed by atoms with Crippen LogP contribution in [0.15, 0.2) is 58.3 Å². The van der Waals surface area contributed by atoms with Crippen LogP contribution < -0.4 is 10.7 Å². The number of nitro benzene ring substituents is 1. The van der Waals surface area contributed by atoms with E-state index in [1.54, 1.807) is 42.5 Å². The number of hydrazone groups is 1. The maximum atomic E-state index is 11.1. The molecule has 2 heterocycles. The molecule has 12 heteroatoms. The first-order valence-electron chi connectivity index (χ1n) is 8.15. The van der Waals surface area contributed by atoms with E-state index < -0.39 is 4.92 Å². The number of para-hydroxylation sites is 1. The van der Waals surface area contributed by atoms with Crippen molar-refractivity contribution >= 4 is 52.1 Å². The van der Waals surface area contributed by atoms with Crippen molar-refractivity contribution in [1.82, 2.24) is 20.3 Å². The Morgan fingerprint density at radius 3 is 2.59 bits per heavy atom. The molecule has 29 heavy (non-hydrogen) atoms. The van der Waals surface area contributed by atoms with E-state index in [-0.39, 0.29) is 28.6 Å². The molecular weight excluding hydrogens is 400 g/mol. The predicted molar refractivity (Wildman–Crippen MR) is 106 cm³/mol. The number of nitro groups is 1. The quantitative estimate of drug-likeness (QED) is 0.275. The Labute approximate surface area is 167 Å². The lowest BCUT2D eigenvalue weighted by Crippen LogP contribution is -2.03. The number of hydrogen-bond acceptors (Lipinski definition) is 10. The van der Waals surface area contributed by atoms with Gasteiger partial charge in [0, 0.05) is 16.8 Å². The van der Waals surface area contributed by atoms with Gasteiger partial charge in [-0.15, -0.1) is 0 Å². The van der Waals surface area contributed by atoms with E-state index in [0.717, 1.165) is 0 Å². The largest absolute Gasteiger partial charge is 0.337 e. The second-order valence-electron chi connectivity index (χ2n) is 5.65. The Bertz CT molecular complexity index is 1230. The molecule has 2 aromatic heterocycles. The number of rotatable bonds is 6. The highest BCUT2D eigenvalue weighted by atomic mass is 35.5. The molecular formula is C17H11ClN8O3. The number of nitrogens with one attached hydrogen (secondary N) is 2. The molecule has 2 N–H and O–H groups in total. The number of benzene rings is 2. The smallest absolute Gasteiger partial charge is 0.278 e. The number of nitrogens with zero attached hydrogens (tertiary/aromatic N) is 6. The van der Waals surface area contributed by atoms with Crippen LogP contribution in [0.3, 0.4) is 0 Å². The van der Waals surface area contributed by atoms with E-state index in [2.05, 4.69) is 40.8 Å². The molecule has 0 atom stereocenters. The highest BCUT2D eigenvalue weighted by Gasteiger charge is 2.14. The van der Waals surface area contributed by atoms with Gasteiger partial charge in [-0.25, -0.2) is 9.61 Å². The van der Waals surface area contributed by atoms with E-state index in [1.807, 2.05) is 0 Å². The van der Waals surface area contributed by atoms with Crippen molar-refractivity contribution < 1.29 is 9.55 Å². The molecule has 0 radical (unpaired) electrons. The Kier molecular flexibility index (Phi) is 4.95. The maximum Gasteiger partial charge on any atom is 0.278 e. The minimum atomic E-state index is -0.486. The van der Waals surface area contributed by atoms with Crippen molar-refractivity contribution in [3.05, 3.63) is 69.2 Å². The normalized spacial score (nSPS) is 11.1. The molecule has 0 aliphatic carbocycles. The minimum Gasteiger partial charge on any atom is -0.337 e. The Morgan fingerprint density at radius 2 is 1.83 bits per heavy atom. The number of halogens is 1. The monoisotopic (exact) mass is 410 g/mol. The van der Waals surface area contributed by atoms with Crippen LogP contribution in [0.5, 0.6) is 0 Å². The zero-order chi connectivity index (χ0) is 20.2. The Balaban J connectivity index is 1.65. The fraction of sp³-hybridized carbons (Fsp3) is 0. The summed E-state index contributed by atoms with van der Waals surface area (Å²) in [7, 11) is 0. The minimum absolute atomic E-state index is 0.0717. The van der Waals surface area contributed by atoms with Crippen LogP contribution >= 0.6 is 11.6 Å². The van der Waals surface area contributed by atoms with Crippen LogP contribution in [-0.4, -0.2) is 31.4 Å². The molecule has 2 aromatic carbocycles. The lowest BCUT2D eigenvalue weighted by molar-refractivity contribution is -0.385. The van der Waals surface area contributed by atoms with Gasteiger partial charge in [0.25, 0.3) is 5.69 Å². The van der Waals surface area contributed by atoms with E-state index in [0.29, 0.717) is 16.3 Å². The average Bonchev–Trinajstić information content (AvgIpc) is 3.15. The van der Waals surface area contributed by atoms with Crippen molar-refractivity contribution in [2.24, 2.45) is 5.10 Å². The molecule has 0 unspecified atom stereocenters. The van der Waals surface area contributed by atoms with E-state index in [1.165, 1.54) is 12.3 Å². The van der Waals surface area contributed by atoms with Gasteiger partial charge in [-0.2, -0.15) is 10.1 Å². The van der Waals surface area contributed by atoms with Gasteiger partial charge in [0.1, 0.15) is 0 Å². The first-order valence-corrected chi connectivity index (χ1v) is 8.53. The predicted octanol–water partition coefficient (Wildman–Crippen LogP) is 3.76. The van der Waals surface area contributed by atoms with E-state index >= 15 is 0 Å². The van der Waals surface area contributed by atoms with Gasteiger partial charge in [-0.05, 0) is 34.6 Å². The van der Waals surface area contributed by atoms with Gasteiger partial charge in [0.15, 0.2) is 11.6 Å². The summed E-state index contributed by atoms with van der Waals surface area (Å²) in [5.41, 5.74) is 4.00. The van der Waals surface area contributed by atoms with Crippen LogP contribution in [0.1, 0.15) is 5.56 Å². The molecule has 0 fully saturated rings. The third-order valence-corrected chi connectivity index (χ3v) is 3.94. The van der Waals surface area contributed by atoms with Gasteiger partial charge in [-0.3, -0.25) is 15.5 Å². The number of hydrogen-bond donors (Lipinski definition) is 2. The first kappa shape index (κ1) is 18.3. The highest BCUT2D eigenvalue weighted by Crippen LogP contribution is 2.25. The zero-order valence-corrected chi connectivity index (χ0v) is 15.2. The van der Waals surface area contributed by atoms with Crippen LogP contribution in [0.2, 0.25) is 5.02 Å². The molecule has 0 saturated heterocycles. The number of fused-ring (bicyclic) bond motifs is 1. The first-order chi connectivity index (χ1) is 14.1. The maximum absolute atomic E-state index is 11.1. The second kappa shape index (κ2) is 7.86. The van der Waals surface area contributed by atoms with Crippen LogP contribution in [0.4, 0.5) is 23.0 Å². The van der Waals surface area contributed by atoms with Gasteiger partial charge in [0.2, 0.25) is 11.3 Å². The molecule has 4 aromatic rings. The van der Waals surface area contributed by atoms with Crippen molar-refractivity contribution in [2.75, 3.05) is 10.7 Å². The third kappa shape index (κ3) is 4.09. The average molecular weight is 411 g/mol. The van der Waals surface area contributed by atoms with E-state index in [9.17, 15) is 10.1 Å². The summed E-state index contributed by atoms with van der Waals surface area (Å²) < 4.78 is 4.65. The van der Waals surface area contributed by atoms with Gasteiger partial charge in [-0.1, -0.05) is 29.8 Å². The standard InChI is InChI=1S/C17H11ClN8O3/c18-11-5-3-6-12(8-11)20-14-15(22-17-16(21-14)24-29-25-17)23-19-9-10-4-1-2-7-13(10)26(27)28/h1-9H,(H,20,21,24)(H,22,23,25). The Morgan fingerprint density at radius 1 is 1.07 bits per heavy atom. The molecule has 144 valence electrons. The lowest BCUT2D eigenvalue weighted by Gasteiger charge is -2.09. The zero-order valence-electron chi connectivity index (χ0n) is 14.5. The summed E-state index contributed by atoms with van der Waals surface area (Å²) in [4.78, 5) is 19.2. The summed E-state index contributed by atoms with van der Waals surface area (Å²) in [6.07, 6.45) is 1.31.